The van der Waals surface area contributed by atoms with E-state index < -0.39 is 12.4 Å². The molecule has 25 heavy (non-hydrogen) atoms. The van der Waals surface area contributed by atoms with E-state index in [0.717, 1.165) is 11.1 Å². The van der Waals surface area contributed by atoms with Gasteiger partial charge >= 0.3 is 6.61 Å². The molecule has 0 fully saturated rings. The average molecular weight is 351 g/mol. The van der Waals surface area contributed by atoms with Gasteiger partial charge in [0.25, 0.3) is 0 Å². The van der Waals surface area contributed by atoms with E-state index in [0.29, 0.717) is 12.5 Å². The summed E-state index contributed by atoms with van der Waals surface area (Å²) < 4.78 is 43.2. The minimum absolute atomic E-state index is 0.0151. The molecule has 0 aromatic heterocycles. The van der Waals surface area contributed by atoms with Crippen molar-refractivity contribution in [1.82, 2.24) is 10.6 Å². The topological polar surface area (TPSA) is 45.7 Å². The van der Waals surface area contributed by atoms with Gasteiger partial charge in [0.2, 0.25) is 0 Å². The number of alkyl halides is 2. The molecule has 0 radical (unpaired) electrons. The predicted molar refractivity (Wildman–Crippen MR) is 91.2 cm³/mol. The van der Waals surface area contributed by atoms with Gasteiger partial charge in [-0.3, -0.25) is 4.99 Å². The fourth-order valence-corrected chi connectivity index (χ4v) is 2.32. The molecule has 2 N–H and O–H groups in total. The van der Waals surface area contributed by atoms with E-state index in [2.05, 4.69) is 20.4 Å². The first-order chi connectivity index (χ1) is 12.0. The molecule has 0 amide bonds. The SMILES string of the molecule is CN=C(NCc1cccc(C)c1)NCc1c(F)cccc1OC(F)F. The first kappa shape index (κ1) is 18.6. The summed E-state index contributed by atoms with van der Waals surface area (Å²) in [4.78, 5) is 4.04. The lowest BCUT2D eigenvalue weighted by molar-refractivity contribution is -0.0506. The number of hydrogen-bond donors (Lipinski definition) is 2. The fourth-order valence-electron chi connectivity index (χ4n) is 2.32. The predicted octanol–water partition coefficient (Wildman–Crippen LogP) is 3.60. The monoisotopic (exact) mass is 351 g/mol. The highest BCUT2D eigenvalue weighted by molar-refractivity contribution is 5.79. The second-order valence-corrected chi connectivity index (χ2v) is 5.36. The van der Waals surface area contributed by atoms with Crippen LogP contribution in [0, 0.1) is 12.7 Å². The van der Waals surface area contributed by atoms with Gasteiger partial charge in [-0.15, -0.1) is 0 Å². The van der Waals surface area contributed by atoms with Crippen molar-refractivity contribution in [2.75, 3.05) is 7.05 Å². The molecule has 2 aromatic rings. The summed E-state index contributed by atoms with van der Waals surface area (Å²) in [6.07, 6.45) is 0. The number of aryl methyl sites for hydroxylation is 1. The molecule has 0 aliphatic heterocycles. The molecule has 0 saturated carbocycles. The quantitative estimate of drug-likeness (QED) is 0.617. The van der Waals surface area contributed by atoms with Gasteiger partial charge in [0.15, 0.2) is 5.96 Å². The van der Waals surface area contributed by atoms with Crippen LogP contribution in [0.3, 0.4) is 0 Å². The molecule has 0 atom stereocenters. The van der Waals surface area contributed by atoms with Crippen molar-refractivity contribution in [3.63, 3.8) is 0 Å². The van der Waals surface area contributed by atoms with Gasteiger partial charge in [-0.1, -0.05) is 35.9 Å². The summed E-state index contributed by atoms with van der Waals surface area (Å²) in [5.41, 5.74) is 2.22. The summed E-state index contributed by atoms with van der Waals surface area (Å²) in [5, 5.41) is 5.99. The van der Waals surface area contributed by atoms with Crippen LogP contribution < -0.4 is 15.4 Å². The Hall–Kier alpha value is -2.70. The van der Waals surface area contributed by atoms with Crippen LogP contribution in [0.2, 0.25) is 0 Å². The van der Waals surface area contributed by atoms with Crippen LogP contribution in [0.5, 0.6) is 5.75 Å². The Morgan fingerprint density at radius 1 is 1.12 bits per heavy atom. The number of nitrogens with zero attached hydrogens (tertiary/aromatic N) is 1. The molecule has 0 unspecified atom stereocenters. The maximum atomic E-state index is 13.9. The third kappa shape index (κ3) is 5.70. The van der Waals surface area contributed by atoms with Crippen molar-refractivity contribution in [2.45, 2.75) is 26.6 Å². The first-order valence-electron chi connectivity index (χ1n) is 7.72. The molecule has 0 aliphatic carbocycles. The molecule has 2 aromatic carbocycles. The van der Waals surface area contributed by atoms with Crippen molar-refractivity contribution in [2.24, 2.45) is 4.99 Å². The number of halogens is 3. The van der Waals surface area contributed by atoms with E-state index in [4.69, 9.17) is 0 Å². The summed E-state index contributed by atoms with van der Waals surface area (Å²) in [5.74, 6) is -0.399. The van der Waals surface area contributed by atoms with E-state index in [9.17, 15) is 13.2 Å². The number of guanidine groups is 1. The lowest BCUT2D eigenvalue weighted by Crippen LogP contribution is -2.36. The zero-order chi connectivity index (χ0) is 18.2. The second kappa shape index (κ2) is 8.96. The van der Waals surface area contributed by atoms with Crippen LogP contribution in [-0.4, -0.2) is 19.6 Å². The molecule has 134 valence electrons. The van der Waals surface area contributed by atoms with Crippen LogP contribution in [0.25, 0.3) is 0 Å². The van der Waals surface area contributed by atoms with E-state index >= 15 is 0 Å². The summed E-state index contributed by atoms with van der Waals surface area (Å²) in [7, 11) is 1.57. The van der Waals surface area contributed by atoms with E-state index in [1.165, 1.54) is 18.2 Å². The normalized spacial score (nSPS) is 11.5. The van der Waals surface area contributed by atoms with Crippen LogP contribution >= 0.6 is 0 Å². The lowest BCUT2D eigenvalue weighted by atomic mass is 10.1. The molecule has 0 saturated heterocycles. The maximum absolute atomic E-state index is 13.9. The first-order valence-corrected chi connectivity index (χ1v) is 7.72. The number of benzene rings is 2. The summed E-state index contributed by atoms with van der Waals surface area (Å²) in [6, 6.07) is 11.8. The molecule has 0 spiro atoms. The minimum Gasteiger partial charge on any atom is -0.434 e. The van der Waals surface area contributed by atoms with Gasteiger partial charge in [-0.25, -0.2) is 4.39 Å². The van der Waals surface area contributed by atoms with Gasteiger partial charge < -0.3 is 15.4 Å². The highest BCUT2D eigenvalue weighted by atomic mass is 19.3. The Morgan fingerprint density at radius 2 is 1.84 bits per heavy atom. The molecule has 4 nitrogen and oxygen atoms in total. The largest absolute Gasteiger partial charge is 0.434 e. The molecule has 0 bridgehead atoms. The Labute approximate surface area is 144 Å². The van der Waals surface area contributed by atoms with Crippen molar-refractivity contribution in [3.05, 3.63) is 65.0 Å². The third-order valence-electron chi connectivity index (χ3n) is 3.49. The Morgan fingerprint density at radius 3 is 2.52 bits per heavy atom. The third-order valence-corrected chi connectivity index (χ3v) is 3.49. The average Bonchev–Trinajstić information content (AvgIpc) is 2.56. The van der Waals surface area contributed by atoms with E-state index in [1.807, 2.05) is 31.2 Å². The molecule has 0 aliphatic rings. The van der Waals surface area contributed by atoms with Crippen molar-refractivity contribution < 1.29 is 17.9 Å². The zero-order valence-electron chi connectivity index (χ0n) is 14.0. The summed E-state index contributed by atoms with van der Waals surface area (Å²) >= 11 is 0. The molecular weight excluding hydrogens is 331 g/mol. The van der Waals surface area contributed by atoms with Crippen molar-refractivity contribution in [1.29, 1.82) is 0 Å². The number of hydrogen-bond acceptors (Lipinski definition) is 2. The van der Waals surface area contributed by atoms with Gasteiger partial charge in [0.05, 0.1) is 0 Å². The Bertz CT molecular complexity index is 735. The number of rotatable bonds is 6. The Balaban J connectivity index is 1.99. The zero-order valence-corrected chi connectivity index (χ0v) is 14.0. The highest BCUT2D eigenvalue weighted by Gasteiger charge is 2.14. The second-order valence-electron chi connectivity index (χ2n) is 5.36. The summed E-state index contributed by atoms with van der Waals surface area (Å²) in [6.45, 7) is -0.528. The van der Waals surface area contributed by atoms with Crippen molar-refractivity contribution in [3.8, 4) is 5.75 Å². The van der Waals surface area contributed by atoms with Crippen LogP contribution in [0.1, 0.15) is 16.7 Å². The van der Waals surface area contributed by atoms with Gasteiger partial charge in [-0.2, -0.15) is 8.78 Å². The molecule has 0 heterocycles. The van der Waals surface area contributed by atoms with Gasteiger partial charge in [0.1, 0.15) is 11.6 Å². The molecule has 2 rings (SSSR count). The highest BCUT2D eigenvalue weighted by Crippen LogP contribution is 2.23. The van der Waals surface area contributed by atoms with E-state index in [-0.39, 0.29) is 17.9 Å². The molecule has 7 heteroatoms. The van der Waals surface area contributed by atoms with Crippen molar-refractivity contribution >= 4 is 5.96 Å². The fraction of sp³-hybridized carbons (Fsp3) is 0.278. The smallest absolute Gasteiger partial charge is 0.387 e. The number of nitrogens with one attached hydrogen (secondary N) is 2. The number of ether oxygens (including phenoxy) is 1. The molecular formula is C18H20F3N3O. The van der Waals surface area contributed by atoms with Crippen LogP contribution in [-0.2, 0) is 13.1 Å². The van der Waals surface area contributed by atoms with E-state index in [1.54, 1.807) is 7.05 Å². The minimum atomic E-state index is -3.01. The standard InChI is InChI=1S/C18H20F3N3O/c1-12-5-3-6-13(9-12)10-23-18(22-2)24-11-14-15(19)7-4-8-16(14)25-17(20)21/h3-9,17H,10-11H2,1-2H3,(H2,22,23,24). The lowest BCUT2D eigenvalue weighted by Gasteiger charge is -2.15. The number of aliphatic imine (C=N–C) groups is 1. The van der Waals surface area contributed by atoms with Crippen LogP contribution in [0.15, 0.2) is 47.5 Å². The maximum Gasteiger partial charge on any atom is 0.387 e. The van der Waals surface area contributed by atoms with Crippen LogP contribution in [0.4, 0.5) is 13.2 Å². The van der Waals surface area contributed by atoms with Gasteiger partial charge in [0, 0.05) is 25.7 Å². The Kier molecular flexibility index (Phi) is 6.68. The van der Waals surface area contributed by atoms with Gasteiger partial charge in [-0.05, 0) is 24.6 Å².